The van der Waals surface area contributed by atoms with Crippen LogP contribution in [0.25, 0.3) is 0 Å². The van der Waals surface area contributed by atoms with Crippen molar-refractivity contribution in [3.8, 4) is 0 Å². The Morgan fingerprint density at radius 3 is 1.32 bits per heavy atom. The van der Waals surface area contributed by atoms with Gasteiger partial charge in [-0.25, -0.2) is 0 Å². The number of aliphatic hydroxyl groups is 2. The van der Waals surface area contributed by atoms with Gasteiger partial charge in [0.1, 0.15) is 0 Å². The average molecular weight is 300 g/mol. The highest BCUT2D eigenvalue weighted by Gasteiger charge is 2.35. The van der Waals surface area contributed by atoms with E-state index in [1.807, 2.05) is 0 Å². The monoisotopic (exact) mass is 300 g/mol. The zero-order chi connectivity index (χ0) is 16.3. The van der Waals surface area contributed by atoms with E-state index >= 15 is 0 Å². The number of benzene rings is 2. The van der Waals surface area contributed by atoms with Crippen molar-refractivity contribution < 1.29 is 10.2 Å². The van der Waals surface area contributed by atoms with Crippen molar-refractivity contribution in [1.29, 1.82) is 0 Å². The molecule has 2 aromatic carbocycles. The Morgan fingerprint density at radius 2 is 0.955 bits per heavy atom. The zero-order valence-corrected chi connectivity index (χ0v) is 13.7. The molecular weight excluding hydrogens is 272 g/mol. The molecule has 1 fully saturated rings. The molecule has 0 amide bonds. The van der Waals surface area contributed by atoms with Gasteiger partial charge in [0.15, 0.2) is 0 Å². The van der Waals surface area contributed by atoms with Crippen LogP contribution in [0.1, 0.15) is 43.2 Å². The molecule has 0 atom stereocenters. The molecule has 3 rings (SSSR count). The molecule has 0 radical (unpaired) electrons. The van der Waals surface area contributed by atoms with Gasteiger partial charge in [-0.3, -0.25) is 0 Å². The zero-order valence-electron chi connectivity index (χ0n) is 13.7. The molecule has 0 aliphatic heterocycles. The van der Waals surface area contributed by atoms with Crippen LogP contribution < -0.4 is 0 Å². The van der Waals surface area contributed by atoms with Crippen molar-refractivity contribution >= 4 is 0 Å². The van der Waals surface area contributed by atoms with Gasteiger partial charge in [0.25, 0.3) is 0 Å². The standard InChI is InChI=1S/C18H20.2CH4O/c1-4-10-16(11-5-1)18(14-8-3-9-15-18)17-12-6-2-7-13-17;2*1-2/h1-2,4-7,10-13H,3,8-9,14-15H2;2*2H,1H3. The summed E-state index contributed by atoms with van der Waals surface area (Å²) in [6.45, 7) is 0. The van der Waals surface area contributed by atoms with Gasteiger partial charge in [-0.2, -0.15) is 0 Å². The lowest BCUT2D eigenvalue weighted by molar-refractivity contribution is 0.346. The van der Waals surface area contributed by atoms with Gasteiger partial charge in [-0.1, -0.05) is 79.9 Å². The van der Waals surface area contributed by atoms with E-state index in [1.165, 1.54) is 43.2 Å². The molecule has 2 nitrogen and oxygen atoms in total. The summed E-state index contributed by atoms with van der Waals surface area (Å²) < 4.78 is 0. The fraction of sp³-hybridized carbons (Fsp3) is 0.400. The molecule has 2 N–H and O–H groups in total. The first-order valence-electron chi connectivity index (χ1n) is 7.92. The fourth-order valence-corrected chi connectivity index (χ4v) is 3.41. The van der Waals surface area contributed by atoms with Gasteiger partial charge in [-0.05, 0) is 24.0 Å². The minimum atomic E-state index is 0.265. The minimum Gasteiger partial charge on any atom is -0.400 e. The fourth-order valence-electron chi connectivity index (χ4n) is 3.41. The first kappa shape index (κ1) is 18.4. The Labute approximate surface area is 134 Å². The van der Waals surface area contributed by atoms with E-state index in [9.17, 15) is 0 Å². The normalized spacial score (nSPS) is 15.6. The largest absolute Gasteiger partial charge is 0.400 e. The van der Waals surface area contributed by atoms with Gasteiger partial charge < -0.3 is 10.2 Å². The van der Waals surface area contributed by atoms with E-state index in [4.69, 9.17) is 10.2 Å². The summed E-state index contributed by atoms with van der Waals surface area (Å²) in [5, 5.41) is 14.0. The molecule has 2 heteroatoms. The molecule has 2 aromatic rings. The van der Waals surface area contributed by atoms with Gasteiger partial charge in [-0.15, -0.1) is 0 Å². The SMILES string of the molecule is CO.CO.c1ccc(C2(c3ccccc3)CCCCC2)cc1. The van der Waals surface area contributed by atoms with Crippen LogP contribution in [0.4, 0.5) is 0 Å². The van der Waals surface area contributed by atoms with Crippen molar-refractivity contribution in [1.82, 2.24) is 0 Å². The average Bonchev–Trinajstić information content (AvgIpc) is 2.67. The van der Waals surface area contributed by atoms with Crippen LogP contribution in [-0.2, 0) is 5.41 Å². The Bertz CT molecular complexity index is 446. The Morgan fingerprint density at radius 1 is 0.591 bits per heavy atom. The first-order valence-corrected chi connectivity index (χ1v) is 7.92. The summed E-state index contributed by atoms with van der Waals surface area (Å²) in [4.78, 5) is 0. The summed E-state index contributed by atoms with van der Waals surface area (Å²) in [7, 11) is 2.00. The molecule has 1 aliphatic carbocycles. The number of hydrogen-bond donors (Lipinski definition) is 2. The molecule has 22 heavy (non-hydrogen) atoms. The maximum atomic E-state index is 7.00. The maximum absolute atomic E-state index is 7.00. The van der Waals surface area contributed by atoms with Crippen molar-refractivity contribution in [2.45, 2.75) is 37.5 Å². The first-order chi connectivity index (χ1) is 10.9. The van der Waals surface area contributed by atoms with E-state index in [1.54, 1.807) is 0 Å². The maximum Gasteiger partial charge on any atom is 0.0319 e. The summed E-state index contributed by atoms with van der Waals surface area (Å²) >= 11 is 0. The third-order valence-corrected chi connectivity index (χ3v) is 4.36. The second-order valence-corrected chi connectivity index (χ2v) is 5.37. The molecule has 0 saturated heterocycles. The molecule has 0 heterocycles. The van der Waals surface area contributed by atoms with Crippen molar-refractivity contribution in [2.24, 2.45) is 0 Å². The van der Waals surface area contributed by atoms with Crippen LogP contribution in [0, 0.1) is 0 Å². The molecule has 120 valence electrons. The quantitative estimate of drug-likeness (QED) is 0.874. The van der Waals surface area contributed by atoms with Gasteiger partial charge in [0, 0.05) is 19.6 Å². The van der Waals surface area contributed by atoms with Gasteiger partial charge in [0.05, 0.1) is 0 Å². The van der Waals surface area contributed by atoms with Crippen LogP contribution >= 0.6 is 0 Å². The van der Waals surface area contributed by atoms with E-state index in [2.05, 4.69) is 60.7 Å². The van der Waals surface area contributed by atoms with Crippen molar-refractivity contribution in [2.75, 3.05) is 14.2 Å². The Hall–Kier alpha value is -1.64. The van der Waals surface area contributed by atoms with Gasteiger partial charge in [0.2, 0.25) is 0 Å². The highest BCUT2D eigenvalue weighted by atomic mass is 16.2. The molecule has 0 unspecified atom stereocenters. The highest BCUT2D eigenvalue weighted by molar-refractivity contribution is 5.39. The second kappa shape index (κ2) is 10.1. The Kier molecular flexibility index (Phi) is 8.49. The summed E-state index contributed by atoms with van der Waals surface area (Å²) in [6, 6.07) is 22.1. The summed E-state index contributed by atoms with van der Waals surface area (Å²) in [6.07, 6.45) is 6.68. The van der Waals surface area contributed by atoms with E-state index in [0.717, 1.165) is 14.2 Å². The topological polar surface area (TPSA) is 40.5 Å². The number of hydrogen-bond acceptors (Lipinski definition) is 2. The van der Waals surface area contributed by atoms with Crippen molar-refractivity contribution in [3.63, 3.8) is 0 Å². The lowest BCUT2D eigenvalue weighted by atomic mass is 9.65. The third kappa shape index (κ3) is 4.19. The van der Waals surface area contributed by atoms with E-state index < -0.39 is 0 Å². The van der Waals surface area contributed by atoms with E-state index in [-0.39, 0.29) is 5.41 Å². The second-order valence-electron chi connectivity index (χ2n) is 5.37. The minimum absolute atomic E-state index is 0.265. The summed E-state index contributed by atoms with van der Waals surface area (Å²) in [5.74, 6) is 0. The lowest BCUT2D eigenvalue weighted by Crippen LogP contribution is -2.30. The molecule has 1 aliphatic rings. The third-order valence-electron chi connectivity index (χ3n) is 4.36. The van der Waals surface area contributed by atoms with E-state index in [0.29, 0.717) is 0 Å². The molecular formula is C20H28O2. The molecule has 1 saturated carbocycles. The lowest BCUT2D eigenvalue weighted by Gasteiger charge is -2.38. The number of aliphatic hydroxyl groups excluding tert-OH is 2. The highest BCUT2D eigenvalue weighted by Crippen LogP contribution is 2.44. The smallest absolute Gasteiger partial charge is 0.0319 e. The van der Waals surface area contributed by atoms with Crippen LogP contribution in [0.2, 0.25) is 0 Å². The van der Waals surface area contributed by atoms with Crippen LogP contribution in [0.3, 0.4) is 0 Å². The van der Waals surface area contributed by atoms with Gasteiger partial charge >= 0.3 is 0 Å². The van der Waals surface area contributed by atoms with Crippen molar-refractivity contribution in [3.05, 3.63) is 71.8 Å². The predicted molar refractivity (Wildman–Crippen MR) is 93.0 cm³/mol. The number of rotatable bonds is 2. The molecule has 0 spiro atoms. The summed E-state index contributed by atoms with van der Waals surface area (Å²) in [5.41, 5.74) is 3.26. The molecule has 0 aromatic heterocycles. The predicted octanol–water partition coefficient (Wildman–Crippen LogP) is 4.15. The molecule has 0 bridgehead atoms. The van der Waals surface area contributed by atoms with Crippen LogP contribution in [0.15, 0.2) is 60.7 Å². The Balaban J connectivity index is 0.000000561. The van der Waals surface area contributed by atoms with Crippen LogP contribution in [0.5, 0.6) is 0 Å². The van der Waals surface area contributed by atoms with Crippen LogP contribution in [-0.4, -0.2) is 24.4 Å².